The van der Waals surface area contributed by atoms with Gasteiger partial charge in [0.1, 0.15) is 5.06 Å². The Kier molecular flexibility index (Phi) is 3.55. The molecule has 0 saturated heterocycles. The molecule has 64 valence electrons. The number of alkyl halides is 1. The third kappa shape index (κ3) is 5.88. The quantitative estimate of drug-likeness (QED) is 0.507. The van der Waals surface area contributed by atoms with Crippen molar-refractivity contribution >= 4 is 17.6 Å². The second kappa shape index (κ2) is 3.74. The van der Waals surface area contributed by atoms with E-state index in [1.54, 1.807) is 0 Å². The molecule has 2 N–H and O–H groups in total. The van der Waals surface area contributed by atoms with E-state index in [0.717, 1.165) is 0 Å². The molecule has 1 atom stereocenters. The van der Waals surface area contributed by atoms with Crippen molar-refractivity contribution in [2.24, 2.45) is 0 Å². The maximum Gasteiger partial charge on any atom is 0.330 e. The number of carbonyl (C=O) groups is 1. The summed E-state index contributed by atoms with van der Waals surface area (Å²) in [6, 6.07) is 0. The van der Waals surface area contributed by atoms with Gasteiger partial charge in [0, 0.05) is 12.0 Å². The molecular formula is C7H11ClO3. The fourth-order valence-electron chi connectivity index (χ4n) is 0.427. The monoisotopic (exact) mass is 178 g/mol. The maximum atomic E-state index is 10.2. The van der Waals surface area contributed by atoms with Crippen LogP contribution in [0.3, 0.4) is 0 Å². The summed E-state index contributed by atoms with van der Waals surface area (Å²) in [5.41, 5.74) is 0.186. The van der Waals surface area contributed by atoms with E-state index in [9.17, 15) is 4.79 Å². The Balaban J connectivity index is 4.04. The van der Waals surface area contributed by atoms with Gasteiger partial charge in [-0.25, -0.2) is 4.79 Å². The minimum absolute atomic E-state index is 0.132. The molecule has 0 heterocycles. The lowest BCUT2D eigenvalue weighted by Gasteiger charge is -2.10. The second-order valence-electron chi connectivity index (χ2n) is 2.54. The summed E-state index contributed by atoms with van der Waals surface area (Å²) < 4.78 is 0. The van der Waals surface area contributed by atoms with Gasteiger partial charge in [0.15, 0.2) is 0 Å². The van der Waals surface area contributed by atoms with Gasteiger partial charge in [0.25, 0.3) is 0 Å². The van der Waals surface area contributed by atoms with Crippen LogP contribution in [0.1, 0.15) is 20.3 Å². The second-order valence-corrected chi connectivity index (χ2v) is 3.35. The van der Waals surface area contributed by atoms with Gasteiger partial charge in [-0.2, -0.15) is 0 Å². The molecule has 0 spiro atoms. The van der Waals surface area contributed by atoms with E-state index in [1.807, 2.05) is 0 Å². The maximum absolute atomic E-state index is 10.2. The predicted octanol–water partition coefficient (Wildman–Crippen LogP) is 1.35. The first-order valence-corrected chi connectivity index (χ1v) is 3.52. The van der Waals surface area contributed by atoms with Gasteiger partial charge >= 0.3 is 5.97 Å². The molecule has 0 saturated carbocycles. The molecule has 0 aromatic rings. The van der Waals surface area contributed by atoms with E-state index in [4.69, 9.17) is 21.8 Å². The van der Waals surface area contributed by atoms with Crippen LogP contribution in [-0.2, 0) is 4.79 Å². The van der Waals surface area contributed by atoms with Gasteiger partial charge in [-0.15, -0.1) is 0 Å². The zero-order valence-corrected chi connectivity index (χ0v) is 7.22. The third-order valence-electron chi connectivity index (χ3n) is 1.12. The summed E-state index contributed by atoms with van der Waals surface area (Å²) in [4.78, 5) is 10.2. The van der Waals surface area contributed by atoms with Gasteiger partial charge in [-0.05, 0) is 13.8 Å². The Hall–Kier alpha value is -0.540. The lowest BCUT2D eigenvalue weighted by Crippen LogP contribution is -2.13. The summed E-state index contributed by atoms with van der Waals surface area (Å²) in [5, 5.41) is 16.0. The topological polar surface area (TPSA) is 57.5 Å². The SMILES string of the molecule is C/C(=C\CC(C)(O)Cl)C(=O)O. The molecule has 0 aliphatic rings. The van der Waals surface area contributed by atoms with Gasteiger partial charge in [-0.3, -0.25) is 0 Å². The normalized spacial score (nSPS) is 17.6. The van der Waals surface area contributed by atoms with E-state index < -0.39 is 11.0 Å². The zero-order valence-electron chi connectivity index (χ0n) is 6.47. The lowest BCUT2D eigenvalue weighted by molar-refractivity contribution is -0.132. The molecule has 3 nitrogen and oxygen atoms in total. The summed E-state index contributed by atoms with van der Waals surface area (Å²) >= 11 is 5.40. The highest BCUT2D eigenvalue weighted by Gasteiger charge is 2.13. The average Bonchev–Trinajstić information content (AvgIpc) is 1.80. The number of hydrogen-bond acceptors (Lipinski definition) is 2. The molecule has 0 aromatic heterocycles. The van der Waals surface area contributed by atoms with Crippen LogP contribution in [0.25, 0.3) is 0 Å². The number of aliphatic hydroxyl groups is 1. The molecule has 4 heteroatoms. The Morgan fingerprint density at radius 3 is 2.45 bits per heavy atom. The Labute approximate surface area is 70.3 Å². The van der Waals surface area contributed by atoms with Crippen molar-refractivity contribution < 1.29 is 15.0 Å². The number of aliphatic carboxylic acids is 1. The third-order valence-corrected chi connectivity index (χ3v) is 1.27. The molecule has 0 radical (unpaired) electrons. The fraction of sp³-hybridized carbons (Fsp3) is 0.571. The van der Waals surface area contributed by atoms with E-state index >= 15 is 0 Å². The van der Waals surface area contributed by atoms with Gasteiger partial charge in [-0.1, -0.05) is 17.7 Å². The minimum atomic E-state index is -1.35. The van der Waals surface area contributed by atoms with Crippen molar-refractivity contribution in [1.29, 1.82) is 0 Å². The first kappa shape index (κ1) is 10.5. The number of hydrogen-bond donors (Lipinski definition) is 2. The van der Waals surface area contributed by atoms with Crippen molar-refractivity contribution in [2.45, 2.75) is 25.3 Å². The average molecular weight is 179 g/mol. The molecule has 0 aliphatic heterocycles. The van der Waals surface area contributed by atoms with Crippen molar-refractivity contribution in [2.75, 3.05) is 0 Å². The molecule has 11 heavy (non-hydrogen) atoms. The van der Waals surface area contributed by atoms with Crippen LogP contribution in [0, 0.1) is 0 Å². The minimum Gasteiger partial charge on any atom is -0.478 e. The lowest BCUT2D eigenvalue weighted by atomic mass is 10.2. The van der Waals surface area contributed by atoms with E-state index in [0.29, 0.717) is 0 Å². The Bertz CT molecular complexity index is 179. The van der Waals surface area contributed by atoms with Gasteiger partial charge in [0.2, 0.25) is 0 Å². The first-order valence-electron chi connectivity index (χ1n) is 3.14. The van der Waals surface area contributed by atoms with Gasteiger partial charge < -0.3 is 10.2 Å². The van der Waals surface area contributed by atoms with Crippen molar-refractivity contribution in [3.8, 4) is 0 Å². The highest BCUT2D eigenvalue weighted by molar-refractivity contribution is 6.22. The van der Waals surface area contributed by atoms with Gasteiger partial charge in [0.05, 0.1) is 0 Å². The van der Waals surface area contributed by atoms with Crippen LogP contribution in [0.15, 0.2) is 11.6 Å². The zero-order chi connectivity index (χ0) is 9.07. The first-order chi connectivity index (χ1) is 4.83. The standard InChI is InChI=1S/C7H11ClO3/c1-5(6(9)10)3-4-7(2,8)11/h3,11H,4H2,1-2H3,(H,9,10)/b5-3+. The Morgan fingerprint density at radius 2 is 2.18 bits per heavy atom. The fourth-order valence-corrected chi connectivity index (χ4v) is 0.504. The van der Waals surface area contributed by atoms with Crippen molar-refractivity contribution in [3.63, 3.8) is 0 Å². The Morgan fingerprint density at radius 1 is 1.73 bits per heavy atom. The molecule has 0 aliphatic carbocycles. The smallest absolute Gasteiger partial charge is 0.330 e. The van der Waals surface area contributed by atoms with Crippen LogP contribution in [0.4, 0.5) is 0 Å². The van der Waals surface area contributed by atoms with Crippen LogP contribution in [0.2, 0.25) is 0 Å². The number of carboxylic acids is 1. The molecule has 1 unspecified atom stereocenters. The van der Waals surface area contributed by atoms with E-state index in [-0.39, 0.29) is 12.0 Å². The summed E-state index contributed by atoms with van der Waals surface area (Å²) in [6.07, 6.45) is 1.52. The number of rotatable bonds is 3. The molecule has 0 aromatic carbocycles. The van der Waals surface area contributed by atoms with E-state index in [2.05, 4.69) is 0 Å². The highest BCUT2D eigenvalue weighted by atomic mass is 35.5. The van der Waals surface area contributed by atoms with Crippen LogP contribution in [0.5, 0.6) is 0 Å². The summed E-state index contributed by atoms with van der Waals surface area (Å²) in [5.74, 6) is -0.995. The molecular weight excluding hydrogens is 168 g/mol. The van der Waals surface area contributed by atoms with Crippen molar-refractivity contribution in [1.82, 2.24) is 0 Å². The highest BCUT2D eigenvalue weighted by Crippen LogP contribution is 2.15. The van der Waals surface area contributed by atoms with Crippen molar-refractivity contribution in [3.05, 3.63) is 11.6 Å². The van der Waals surface area contributed by atoms with Crippen LogP contribution >= 0.6 is 11.6 Å². The summed E-state index contributed by atoms with van der Waals surface area (Å²) in [7, 11) is 0. The van der Waals surface area contributed by atoms with Crippen LogP contribution in [-0.4, -0.2) is 21.2 Å². The molecule has 0 bridgehead atoms. The molecule has 0 rings (SSSR count). The predicted molar refractivity (Wildman–Crippen MR) is 42.5 cm³/mol. The van der Waals surface area contributed by atoms with Crippen LogP contribution < -0.4 is 0 Å². The molecule has 0 fully saturated rings. The number of carboxylic acid groups (broad SMARTS) is 1. The molecule has 0 amide bonds. The largest absolute Gasteiger partial charge is 0.478 e. The summed E-state index contributed by atoms with van der Waals surface area (Å²) in [6.45, 7) is 2.85. The number of halogens is 1. The van der Waals surface area contributed by atoms with E-state index in [1.165, 1.54) is 19.9 Å².